The van der Waals surface area contributed by atoms with Gasteiger partial charge in [0, 0.05) is 23.9 Å². The zero-order chi connectivity index (χ0) is 17.2. The van der Waals surface area contributed by atoms with E-state index in [-0.39, 0.29) is 5.56 Å². The quantitative estimate of drug-likeness (QED) is 0.586. The molecule has 1 heterocycles. The van der Waals surface area contributed by atoms with Gasteiger partial charge in [-0.15, -0.1) is 0 Å². The van der Waals surface area contributed by atoms with Crippen LogP contribution in [0.25, 0.3) is 21.7 Å². The van der Waals surface area contributed by atoms with E-state index in [1.54, 1.807) is 7.11 Å². The molecule has 0 atom stereocenters. The van der Waals surface area contributed by atoms with Gasteiger partial charge >= 0.3 is 0 Å². The van der Waals surface area contributed by atoms with Gasteiger partial charge in [0.15, 0.2) is 0 Å². The Labute approximate surface area is 145 Å². The number of aromatic amines is 1. The number of ether oxygens (including phenoxy) is 1. The third kappa shape index (κ3) is 3.06. The molecule has 0 unspecified atom stereocenters. The van der Waals surface area contributed by atoms with Crippen LogP contribution in [0.2, 0.25) is 0 Å². The Kier molecular flexibility index (Phi) is 3.86. The van der Waals surface area contributed by atoms with E-state index in [4.69, 9.17) is 4.74 Å². The molecule has 0 bridgehead atoms. The monoisotopic (exact) mass is 330 g/mol. The van der Waals surface area contributed by atoms with Crippen molar-refractivity contribution in [1.29, 1.82) is 0 Å². The first-order valence-electron chi connectivity index (χ1n) is 8.15. The highest BCUT2D eigenvalue weighted by Crippen LogP contribution is 2.21. The topological polar surface area (TPSA) is 54.1 Å². The van der Waals surface area contributed by atoms with Gasteiger partial charge in [0.2, 0.25) is 0 Å². The standard InChI is InChI=1S/C21H18N2O2/c1-25-19-9-7-16-10-17(21(24)23-20(16)12-19)13-22-18-8-6-14-4-2-3-5-15(14)11-18/h2-12,22H,13H2,1H3,(H,23,24). The molecule has 2 N–H and O–H groups in total. The van der Waals surface area contributed by atoms with E-state index >= 15 is 0 Å². The van der Waals surface area contributed by atoms with E-state index < -0.39 is 0 Å². The van der Waals surface area contributed by atoms with Gasteiger partial charge in [-0.3, -0.25) is 4.79 Å². The predicted molar refractivity (Wildman–Crippen MR) is 102 cm³/mol. The lowest BCUT2D eigenvalue weighted by molar-refractivity contribution is 0.415. The van der Waals surface area contributed by atoms with Crippen molar-refractivity contribution in [2.24, 2.45) is 0 Å². The number of anilines is 1. The molecule has 0 fully saturated rings. The van der Waals surface area contributed by atoms with Gasteiger partial charge in [0.25, 0.3) is 5.56 Å². The van der Waals surface area contributed by atoms with Crippen molar-refractivity contribution in [3.05, 3.63) is 82.6 Å². The lowest BCUT2D eigenvalue weighted by Gasteiger charge is -2.09. The first-order chi connectivity index (χ1) is 12.2. The average molecular weight is 330 g/mol. The molecule has 4 heteroatoms. The maximum absolute atomic E-state index is 12.3. The van der Waals surface area contributed by atoms with Gasteiger partial charge in [-0.05, 0) is 46.5 Å². The Morgan fingerprint density at radius 1 is 0.920 bits per heavy atom. The zero-order valence-corrected chi connectivity index (χ0v) is 13.9. The molecule has 0 amide bonds. The fraction of sp³-hybridized carbons (Fsp3) is 0.0952. The summed E-state index contributed by atoms with van der Waals surface area (Å²) < 4.78 is 5.20. The van der Waals surface area contributed by atoms with Gasteiger partial charge < -0.3 is 15.0 Å². The van der Waals surface area contributed by atoms with Gasteiger partial charge in [-0.2, -0.15) is 0 Å². The highest BCUT2D eigenvalue weighted by molar-refractivity contribution is 5.85. The number of pyridine rings is 1. The van der Waals surface area contributed by atoms with Crippen molar-refractivity contribution in [1.82, 2.24) is 4.98 Å². The van der Waals surface area contributed by atoms with Gasteiger partial charge in [-0.1, -0.05) is 30.3 Å². The SMILES string of the molecule is COc1ccc2cc(CNc3ccc4ccccc4c3)c(=O)[nH]c2c1. The molecule has 4 nitrogen and oxygen atoms in total. The minimum Gasteiger partial charge on any atom is -0.497 e. The summed E-state index contributed by atoms with van der Waals surface area (Å²) in [6.45, 7) is 0.468. The molecule has 25 heavy (non-hydrogen) atoms. The lowest BCUT2D eigenvalue weighted by atomic mass is 10.1. The number of hydrogen-bond acceptors (Lipinski definition) is 3. The van der Waals surface area contributed by atoms with E-state index in [0.717, 1.165) is 22.3 Å². The molecule has 0 saturated heterocycles. The fourth-order valence-electron chi connectivity index (χ4n) is 2.98. The summed E-state index contributed by atoms with van der Waals surface area (Å²) in [4.78, 5) is 15.3. The van der Waals surface area contributed by atoms with E-state index in [1.165, 1.54) is 10.8 Å². The second-order valence-electron chi connectivity index (χ2n) is 5.99. The predicted octanol–water partition coefficient (Wildman–Crippen LogP) is 4.30. The number of rotatable bonds is 4. The van der Waals surface area contributed by atoms with Crippen LogP contribution in [0.1, 0.15) is 5.56 Å². The number of benzene rings is 3. The molecule has 1 aromatic heterocycles. The zero-order valence-electron chi connectivity index (χ0n) is 13.9. The van der Waals surface area contributed by atoms with Crippen LogP contribution in [0.4, 0.5) is 5.69 Å². The third-order valence-corrected chi connectivity index (χ3v) is 4.36. The van der Waals surface area contributed by atoms with Crippen LogP contribution in [-0.4, -0.2) is 12.1 Å². The highest BCUT2D eigenvalue weighted by atomic mass is 16.5. The Balaban J connectivity index is 1.61. The van der Waals surface area contributed by atoms with E-state index in [1.807, 2.05) is 42.5 Å². The Morgan fingerprint density at radius 2 is 1.72 bits per heavy atom. The minimum absolute atomic E-state index is 0.0888. The molecule has 0 radical (unpaired) electrons. The first-order valence-corrected chi connectivity index (χ1v) is 8.15. The maximum Gasteiger partial charge on any atom is 0.253 e. The highest BCUT2D eigenvalue weighted by Gasteiger charge is 2.05. The van der Waals surface area contributed by atoms with E-state index in [2.05, 4.69) is 34.6 Å². The van der Waals surface area contributed by atoms with Gasteiger partial charge in [0.05, 0.1) is 12.6 Å². The van der Waals surface area contributed by atoms with Crippen LogP contribution in [0.15, 0.2) is 71.5 Å². The summed E-state index contributed by atoms with van der Waals surface area (Å²) in [5.74, 6) is 0.727. The summed E-state index contributed by atoms with van der Waals surface area (Å²) in [5, 5.41) is 6.69. The van der Waals surface area contributed by atoms with Crippen molar-refractivity contribution in [2.45, 2.75) is 6.54 Å². The average Bonchev–Trinajstić information content (AvgIpc) is 2.65. The number of hydrogen-bond donors (Lipinski definition) is 2. The van der Waals surface area contributed by atoms with Crippen LogP contribution in [-0.2, 0) is 6.54 Å². The Morgan fingerprint density at radius 3 is 2.56 bits per heavy atom. The molecule has 0 aliphatic rings. The number of nitrogens with one attached hydrogen (secondary N) is 2. The van der Waals surface area contributed by atoms with Crippen LogP contribution >= 0.6 is 0 Å². The Hall–Kier alpha value is -3.27. The van der Waals surface area contributed by atoms with Crippen molar-refractivity contribution in [3.8, 4) is 5.75 Å². The smallest absolute Gasteiger partial charge is 0.253 e. The lowest BCUT2D eigenvalue weighted by Crippen LogP contribution is -2.15. The largest absolute Gasteiger partial charge is 0.497 e. The fourth-order valence-corrected chi connectivity index (χ4v) is 2.98. The molecule has 0 spiro atoms. The maximum atomic E-state index is 12.3. The molecular weight excluding hydrogens is 312 g/mol. The second kappa shape index (κ2) is 6.32. The summed E-state index contributed by atoms with van der Waals surface area (Å²) in [5.41, 5.74) is 2.38. The molecule has 124 valence electrons. The summed E-state index contributed by atoms with van der Waals surface area (Å²) in [6, 6.07) is 22.0. The van der Waals surface area contributed by atoms with Crippen LogP contribution in [0.3, 0.4) is 0 Å². The molecule has 4 rings (SSSR count). The molecule has 0 saturated carbocycles. The van der Waals surface area contributed by atoms with Crippen molar-refractivity contribution in [2.75, 3.05) is 12.4 Å². The molecule has 3 aromatic carbocycles. The molecule has 0 aliphatic carbocycles. The number of aromatic nitrogens is 1. The number of methoxy groups -OCH3 is 1. The number of H-pyrrole nitrogens is 1. The van der Waals surface area contributed by atoms with E-state index in [0.29, 0.717) is 12.1 Å². The van der Waals surface area contributed by atoms with Gasteiger partial charge in [0.1, 0.15) is 5.75 Å². The molecular formula is C21H18N2O2. The van der Waals surface area contributed by atoms with Crippen LogP contribution in [0, 0.1) is 0 Å². The summed E-state index contributed by atoms with van der Waals surface area (Å²) in [7, 11) is 1.61. The van der Waals surface area contributed by atoms with Crippen molar-refractivity contribution in [3.63, 3.8) is 0 Å². The van der Waals surface area contributed by atoms with Crippen molar-refractivity contribution < 1.29 is 4.74 Å². The molecule has 0 aliphatic heterocycles. The van der Waals surface area contributed by atoms with Crippen LogP contribution in [0.5, 0.6) is 5.75 Å². The summed E-state index contributed by atoms with van der Waals surface area (Å²) in [6.07, 6.45) is 0. The second-order valence-corrected chi connectivity index (χ2v) is 5.99. The minimum atomic E-state index is -0.0888. The normalized spacial score (nSPS) is 10.9. The van der Waals surface area contributed by atoms with Gasteiger partial charge in [-0.25, -0.2) is 0 Å². The molecule has 4 aromatic rings. The Bertz CT molecular complexity index is 1120. The van der Waals surface area contributed by atoms with E-state index in [9.17, 15) is 4.79 Å². The first kappa shape index (κ1) is 15.3. The van der Waals surface area contributed by atoms with Crippen LogP contribution < -0.4 is 15.6 Å². The summed E-state index contributed by atoms with van der Waals surface area (Å²) >= 11 is 0. The third-order valence-electron chi connectivity index (χ3n) is 4.36. The number of fused-ring (bicyclic) bond motifs is 2. The van der Waals surface area contributed by atoms with Crippen molar-refractivity contribution >= 4 is 27.4 Å².